The topological polar surface area (TPSA) is 76.8 Å². The molecule has 0 bridgehead atoms. The van der Waals surface area contributed by atoms with Crippen molar-refractivity contribution in [3.63, 3.8) is 0 Å². The van der Waals surface area contributed by atoms with Gasteiger partial charge >= 0.3 is 5.97 Å². The first kappa shape index (κ1) is 20.7. The van der Waals surface area contributed by atoms with Gasteiger partial charge in [-0.1, -0.05) is 12.1 Å². The maximum absolute atomic E-state index is 13.0. The Morgan fingerprint density at radius 2 is 1.79 bits per heavy atom. The zero-order chi connectivity index (χ0) is 21.0. The fourth-order valence-corrected chi connectivity index (χ4v) is 4.36. The lowest BCUT2D eigenvalue weighted by molar-refractivity contribution is -0.134. The van der Waals surface area contributed by atoms with Gasteiger partial charge in [-0.15, -0.1) is 0 Å². The van der Waals surface area contributed by atoms with Crippen molar-refractivity contribution in [1.82, 2.24) is 0 Å². The molecule has 29 heavy (non-hydrogen) atoms. The summed E-state index contributed by atoms with van der Waals surface area (Å²) in [4.78, 5) is 12.2. The number of aryl methyl sites for hydroxylation is 3. The van der Waals surface area contributed by atoms with Crippen LogP contribution in [-0.4, -0.2) is 21.4 Å². The van der Waals surface area contributed by atoms with Crippen molar-refractivity contribution in [1.29, 1.82) is 0 Å². The minimum atomic E-state index is -3.70. The summed E-state index contributed by atoms with van der Waals surface area (Å²) in [6.07, 6.45) is 2.21. The van der Waals surface area contributed by atoms with Gasteiger partial charge < -0.3 is 9.15 Å². The minimum absolute atomic E-state index is 0.191. The molecule has 0 spiro atoms. The third-order valence-electron chi connectivity index (χ3n) is 4.57. The zero-order valence-corrected chi connectivity index (χ0v) is 17.4. The van der Waals surface area contributed by atoms with Gasteiger partial charge in [0.25, 0.3) is 10.0 Å². The molecule has 0 saturated carbocycles. The predicted octanol–water partition coefficient (Wildman–Crippen LogP) is 4.26. The van der Waals surface area contributed by atoms with Crippen molar-refractivity contribution >= 4 is 21.7 Å². The molecule has 0 saturated heterocycles. The number of rotatable bonds is 7. The number of nitrogens with zero attached hydrogens (tertiary/aromatic N) is 1. The average molecular weight is 413 g/mol. The third kappa shape index (κ3) is 4.86. The van der Waals surface area contributed by atoms with Gasteiger partial charge in [-0.2, -0.15) is 0 Å². The molecule has 0 aliphatic carbocycles. The van der Waals surface area contributed by atoms with Gasteiger partial charge in [-0.3, -0.25) is 9.10 Å². The van der Waals surface area contributed by atoms with Gasteiger partial charge in [0.1, 0.15) is 11.5 Å². The fraction of sp³-hybridized carbons (Fsp3) is 0.227. The smallest absolute Gasteiger partial charge is 0.311 e. The van der Waals surface area contributed by atoms with Crippen LogP contribution in [0, 0.1) is 13.8 Å². The number of esters is 1. The third-order valence-corrected chi connectivity index (χ3v) is 6.50. The number of carbonyl (C=O) groups excluding carboxylic acids is 1. The van der Waals surface area contributed by atoms with Gasteiger partial charge in [-0.05, 0) is 67.4 Å². The molecular formula is C22H23NO5S. The van der Waals surface area contributed by atoms with Crippen molar-refractivity contribution in [3.05, 3.63) is 77.7 Å². The largest absolute Gasteiger partial charge is 0.469 e. The van der Waals surface area contributed by atoms with Crippen LogP contribution >= 0.6 is 0 Å². The van der Waals surface area contributed by atoms with Crippen LogP contribution in [0.4, 0.5) is 5.69 Å². The van der Waals surface area contributed by atoms with E-state index in [0.29, 0.717) is 23.4 Å². The van der Waals surface area contributed by atoms with Gasteiger partial charge in [-0.25, -0.2) is 8.42 Å². The Morgan fingerprint density at radius 1 is 1.07 bits per heavy atom. The summed E-state index contributed by atoms with van der Waals surface area (Å²) in [6, 6.07) is 15.3. The first-order chi connectivity index (χ1) is 13.8. The Morgan fingerprint density at radius 3 is 2.45 bits per heavy atom. The second-order valence-corrected chi connectivity index (χ2v) is 8.73. The van der Waals surface area contributed by atoms with E-state index in [1.807, 2.05) is 13.0 Å². The van der Waals surface area contributed by atoms with Crippen LogP contribution in [-0.2, 0) is 21.2 Å². The van der Waals surface area contributed by atoms with E-state index in [1.165, 1.54) is 11.4 Å². The van der Waals surface area contributed by atoms with E-state index < -0.39 is 10.0 Å². The molecule has 0 N–H and O–H groups in total. The van der Waals surface area contributed by atoms with E-state index in [-0.39, 0.29) is 17.3 Å². The quantitative estimate of drug-likeness (QED) is 0.427. The molecule has 0 radical (unpaired) electrons. The summed E-state index contributed by atoms with van der Waals surface area (Å²) in [7, 11) is -2.20. The lowest BCUT2D eigenvalue weighted by atomic mass is 10.2. The van der Waals surface area contributed by atoms with E-state index in [1.54, 1.807) is 61.7 Å². The van der Waals surface area contributed by atoms with Crippen LogP contribution in [0.1, 0.15) is 23.3 Å². The zero-order valence-electron chi connectivity index (χ0n) is 16.6. The molecule has 1 heterocycles. The Labute approximate surface area is 170 Å². The molecule has 6 nitrogen and oxygen atoms in total. The second kappa shape index (κ2) is 8.53. The molecule has 152 valence electrons. The standard InChI is InChI=1S/C22H23NO5S/c1-16-6-7-17(2)21(15-16)29(25,26)23(3)18-8-10-20(11-9-18)28-22(24)13-12-19-5-4-14-27-19/h4-11,14-15H,12-13H2,1-3H3. The SMILES string of the molecule is Cc1ccc(C)c(S(=O)(=O)N(C)c2ccc(OC(=O)CCc3ccco3)cc2)c1. The first-order valence-electron chi connectivity index (χ1n) is 9.16. The van der Waals surface area contributed by atoms with Crippen LogP contribution in [0.5, 0.6) is 5.75 Å². The number of hydrogen-bond acceptors (Lipinski definition) is 5. The highest BCUT2D eigenvalue weighted by atomic mass is 32.2. The van der Waals surface area contributed by atoms with Crippen molar-refractivity contribution in [2.45, 2.75) is 31.6 Å². The molecular weight excluding hydrogens is 390 g/mol. The number of anilines is 1. The van der Waals surface area contributed by atoms with Crippen molar-refractivity contribution < 1.29 is 22.4 Å². The van der Waals surface area contributed by atoms with E-state index in [2.05, 4.69) is 0 Å². The van der Waals surface area contributed by atoms with Crippen LogP contribution in [0.15, 0.2) is 70.2 Å². The average Bonchev–Trinajstić information content (AvgIpc) is 3.22. The van der Waals surface area contributed by atoms with E-state index in [4.69, 9.17) is 9.15 Å². The summed E-state index contributed by atoms with van der Waals surface area (Å²) in [5.41, 5.74) is 2.03. The Balaban J connectivity index is 1.68. The number of hydrogen-bond donors (Lipinski definition) is 0. The summed E-state index contributed by atoms with van der Waals surface area (Å²) in [6.45, 7) is 3.62. The number of sulfonamides is 1. The second-order valence-electron chi connectivity index (χ2n) is 6.79. The predicted molar refractivity (Wildman–Crippen MR) is 111 cm³/mol. The summed E-state index contributed by atoms with van der Waals surface area (Å²) in [5.74, 6) is 0.691. The summed E-state index contributed by atoms with van der Waals surface area (Å²) >= 11 is 0. The van der Waals surface area contributed by atoms with Crippen LogP contribution < -0.4 is 9.04 Å². The van der Waals surface area contributed by atoms with Crippen LogP contribution in [0.2, 0.25) is 0 Å². The number of carbonyl (C=O) groups is 1. The van der Waals surface area contributed by atoms with Gasteiger partial charge in [0.05, 0.1) is 23.3 Å². The molecule has 3 aromatic rings. The number of benzene rings is 2. The normalized spacial score (nSPS) is 11.3. The Kier molecular flexibility index (Phi) is 6.08. The minimum Gasteiger partial charge on any atom is -0.469 e. The highest BCUT2D eigenvalue weighted by Crippen LogP contribution is 2.26. The maximum atomic E-state index is 13.0. The van der Waals surface area contributed by atoms with Crippen molar-refractivity contribution in [2.24, 2.45) is 0 Å². The maximum Gasteiger partial charge on any atom is 0.311 e. The molecule has 1 aromatic heterocycles. The van der Waals surface area contributed by atoms with E-state index in [9.17, 15) is 13.2 Å². The van der Waals surface area contributed by atoms with Crippen LogP contribution in [0.3, 0.4) is 0 Å². The molecule has 0 aliphatic rings. The van der Waals surface area contributed by atoms with Gasteiger partial charge in [0.2, 0.25) is 0 Å². The van der Waals surface area contributed by atoms with Crippen molar-refractivity contribution in [2.75, 3.05) is 11.4 Å². The highest BCUT2D eigenvalue weighted by molar-refractivity contribution is 7.92. The van der Waals surface area contributed by atoms with Crippen molar-refractivity contribution in [3.8, 4) is 5.75 Å². The fourth-order valence-electron chi connectivity index (χ4n) is 2.86. The molecule has 0 amide bonds. The van der Waals surface area contributed by atoms with Crippen LogP contribution in [0.25, 0.3) is 0 Å². The van der Waals surface area contributed by atoms with Gasteiger partial charge in [0.15, 0.2) is 0 Å². The highest BCUT2D eigenvalue weighted by Gasteiger charge is 2.23. The lowest BCUT2D eigenvalue weighted by Crippen LogP contribution is -2.27. The summed E-state index contributed by atoms with van der Waals surface area (Å²) < 4.78 is 37.7. The number of furan rings is 1. The molecule has 0 fully saturated rings. The molecule has 0 aliphatic heterocycles. The summed E-state index contributed by atoms with van der Waals surface area (Å²) in [5, 5.41) is 0. The molecule has 2 aromatic carbocycles. The molecule has 7 heteroatoms. The monoisotopic (exact) mass is 413 g/mol. The van der Waals surface area contributed by atoms with Gasteiger partial charge in [0, 0.05) is 13.5 Å². The van der Waals surface area contributed by atoms with E-state index in [0.717, 1.165) is 11.3 Å². The molecule has 0 unspecified atom stereocenters. The number of ether oxygens (including phenoxy) is 1. The lowest BCUT2D eigenvalue weighted by Gasteiger charge is -2.21. The molecule has 3 rings (SSSR count). The molecule has 0 atom stereocenters. The van der Waals surface area contributed by atoms with E-state index >= 15 is 0 Å². The first-order valence-corrected chi connectivity index (χ1v) is 10.6. The Hall–Kier alpha value is -3.06. The Bertz CT molecular complexity index is 1090.